The normalized spacial score (nSPS) is 25.8. The molecule has 1 atom stereocenters. The standard InChI is InChI=1S/C14H24N4O3S/c1-17-9-12(8-15-17)10-18-5-3-14(4-6-18)7-13(11-21-14)16-22(2,19)20/h8-9,13,16H,3-7,10-11H2,1-2H3/t13-/m1/s1. The Morgan fingerprint density at radius 1 is 1.45 bits per heavy atom. The van der Waals surface area contributed by atoms with E-state index >= 15 is 0 Å². The van der Waals surface area contributed by atoms with E-state index in [1.165, 1.54) is 11.8 Å². The highest BCUT2D eigenvalue weighted by Gasteiger charge is 2.43. The lowest BCUT2D eigenvalue weighted by atomic mass is 9.87. The van der Waals surface area contributed by atoms with Gasteiger partial charge in [0, 0.05) is 44.5 Å². The van der Waals surface area contributed by atoms with Gasteiger partial charge in [-0.2, -0.15) is 5.10 Å². The third-order valence-electron chi connectivity index (χ3n) is 4.52. The van der Waals surface area contributed by atoms with Crippen molar-refractivity contribution in [3.63, 3.8) is 0 Å². The van der Waals surface area contributed by atoms with E-state index in [0.29, 0.717) is 6.61 Å². The van der Waals surface area contributed by atoms with E-state index in [4.69, 9.17) is 4.74 Å². The zero-order chi connectivity index (χ0) is 15.8. The van der Waals surface area contributed by atoms with E-state index in [-0.39, 0.29) is 11.6 Å². The summed E-state index contributed by atoms with van der Waals surface area (Å²) in [4.78, 5) is 2.41. The first-order valence-corrected chi connectivity index (χ1v) is 9.54. The Labute approximate surface area is 131 Å². The molecular weight excluding hydrogens is 304 g/mol. The predicted molar refractivity (Wildman–Crippen MR) is 82.8 cm³/mol. The minimum absolute atomic E-state index is 0.0835. The quantitative estimate of drug-likeness (QED) is 0.848. The lowest BCUT2D eigenvalue weighted by molar-refractivity contribution is -0.0448. The molecule has 8 heteroatoms. The molecule has 3 rings (SSSR count). The van der Waals surface area contributed by atoms with Gasteiger partial charge in [-0.25, -0.2) is 13.1 Å². The van der Waals surface area contributed by atoms with Gasteiger partial charge in [0.1, 0.15) is 0 Å². The predicted octanol–water partition coefficient (Wildman–Crippen LogP) is 0.0928. The third-order valence-corrected chi connectivity index (χ3v) is 5.28. The minimum atomic E-state index is -3.16. The second-order valence-electron chi connectivity index (χ2n) is 6.58. The van der Waals surface area contributed by atoms with Crippen LogP contribution in [-0.4, -0.2) is 60.7 Å². The van der Waals surface area contributed by atoms with Gasteiger partial charge >= 0.3 is 0 Å². The van der Waals surface area contributed by atoms with Crippen LogP contribution < -0.4 is 4.72 Å². The first kappa shape index (κ1) is 15.9. The molecule has 3 heterocycles. The van der Waals surface area contributed by atoms with Crippen LogP contribution in [0, 0.1) is 0 Å². The molecule has 2 aliphatic heterocycles. The Morgan fingerprint density at radius 3 is 2.77 bits per heavy atom. The average molecular weight is 328 g/mol. The summed E-state index contributed by atoms with van der Waals surface area (Å²) < 4.78 is 33.1. The van der Waals surface area contributed by atoms with Gasteiger partial charge in [-0.15, -0.1) is 0 Å². The average Bonchev–Trinajstić information content (AvgIpc) is 2.99. The molecule has 0 amide bonds. The molecule has 1 aromatic rings. The fraction of sp³-hybridized carbons (Fsp3) is 0.786. The molecule has 124 valence electrons. The molecule has 1 N–H and O–H groups in total. The van der Waals surface area contributed by atoms with Crippen LogP contribution in [0.5, 0.6) is 0 Å². The van der Waals surface area contributed by atoms with Crippen molar-refractivity contribution in [1.82, 2.24) is 19.4 Å². The van der Waals surface area contributed by atoms with Crippen LogP contribution in [0.3, 0.4) is 0 Å². The van der Waals surface area contributed by atoms with E-state index in [0.717, 1.165) is 38.9 Å². The molecule has 0 aromatic carbocycles. The fourth-order valence-corrected chi connectivity index (χ4v) is 4.26. The molecule has 2 aliphatic rings. The summed E-state index contributed by atoms with van der Waals surface area (Å²) in [6, 6.07) is -0.0835. The van der Waals surface area contributed by atoms with Gasteiger partial charge in [-0.05, 0) is 19.3 Å². The number of nitrogens with zero attached hydrogens (tertiary/aromatic N) is 3. The largest absolute Gasteiger partial charge is 0.373 e. The van der Waals surface area contributed by atoms with Gasteiger partial charge in [0.05, 0.1) is 24.7 Å². The maximum Gasteiger partial charge on any atom is 0.209 e. The van der Waals surface area contributed by atoms with Crippen molar-refractivity contribution in [2.75, 3.05) is 26.0 Å². The van der Waals surface area contributed by atoms with Crippen LogP contribution in [0.25, 0.3) is 0 Å². The number of sulfonamides is 1. The highest BCUT2D eigenvalue weighted by molar-refractivity contribution is 7.88. The van der Waals surface area contributed by atoms with Gasteiger partial charge in [0.15, 0.2) is 0 Å². The summed E-state index contributed by atoms with van der Waals surface area (Å²) in [5.74, 6) is 0. The van der Waals surface area contributed by atoms with E-state index in [1.54, 1.807) is 0 Å². The summed E-state index contributed by atoms with van der Waals surface area (Å²) in [6.07, 6.45) is 7.84. The first-order chi connectivity index (χ1) is 10.3. The summed E-state index contributed by atoms with van der Waals surface area (Å²) in [7, 11) is -1.24. The highest BCUT2D eigenvalue weighted by Crippen LogP contribution is 2.36. The van der Waals surface area contributed by atoms with Crippen LogP contribution in [-0.2, 0) is 28.4 Å². The van der Waals surface area contributed by atoms with E-state index in [9.17, 15) is 8.42 Å². The van der Waals surface area contributed by atoms with Crippen LogP contribution in [0.1, 0.15) is 24.8 Å². The Balaban J connectivity index is 1.51. The lowest BCUT2D eigenvalue weighted by Gasteiger charge is -2.38. The number of rotatable bonds is 4. The maximum absolute atomic E-state index is 11.3. The first-order valence-electron chi connectivity index (χ1n) is 7.65. The minimum Gasteiger partial charge on any atom is -0.373 e. The molecule has 0 unspecified atom stereocenters. The Kier molecular flexibility index (Phi) is 4.28. The van der Waals surface area contributed by atoms with Gasteiger partial charge in [0.25, 0.3) is 0 Å². The monoisotopic (exact) mass is 328 g/mol. The molecule has 0 saturated carbocycles. The van der Waals surface area contributed by atoms with Crippen molar-refractivity contribution in [3.05, 3.63) is 18.0 Å². The molecule has 0 aliphatic carbocycles. The van der Waals surface area contributed by atoms with Crippen LogP contribution in [0.4, 0.5) is 0 Å². The van der Waals surface area contributed by atoms with Crippen LogP contribution >= 0.6 is 0 Å². The Morgan fingerprint density at radius 2 is 2.18 bits per heavy atom. The molecule has 22 heavy (non-hydrogen) atoms. The van der Waals surface area contributed by atoms with E-state index < -0.39 is 10.0 Å². The van der Waals surface area contributed by atoms with Crippen molar-refractivity contribution in [2.24, 2.45) is 7.05 Å². The van der Waals surface area contributed by atoms with Crippen LogP contribution in [0.2, 0.25) is 0 Å². The number of aromatic nitrogens is 2. The van der Waals surface area contributed by atoms with Crippen molar-refractivity contribution in [1.29, 1.82) is 0 Å². The van der Waals surface area contributed by atoms with Gasteiger partial charge in [0.2, 0.25) is 10.0 Å². The smallest absolute Gasteiger partial charge is 0.209 e. The second kappa shape index (κ2) is 5.92. The molecule has 0 bridgehead atoms. The number of ether oxygens (including phenoxy) is 1. The van der Waals surface area contributed by atoms with Crippen molar-refractivity contribution in [3.8, 4) is 0 Å². The molecule has 1 aromatic heterocycles. The zero-order valence-corrected chi connectivity index (χ0v) is 14.0. The molecule has 2 saturated heterocycles. The molecule has 7 nitrogen and oxygen atoms in total. The van der Waals surface area contributed by atoms with Crippen molar-refractivity contribution < 1.29 is 13.2 Å². The van der Waals surface area contributed by atoms with E-state index in [1.807, 2.05) is 24.1 Å². The summed E-state index contributed by atoms with van der Waals surface area (Å²) >= 11 is 0. The summed E-state index contributed by atoms with van der Waals surface area (Å²) in [5.41, 5.74) is 1.08. The van der Waals surface area contributed by atoms with Crippen LogP contribution in [0.15, 0.2) is 12.4 Å². The zero-order valence-electron chi connectivity index (χ0n) is 13.2. The Bertz CT molecular complexity index is 620. The molecular formula is C14H24N4O3S. The summed E-state index contributed by atoms with van der Waals surface area (Å²) in [6.45, 7) is 3.34. The lowest BCUT2D eigenvalue weighted by Crippen LogP contribution is -2.44. The number of hydrogen-bond acceptors (Lipinski definition) is 5. The number of hydrogen-bond donors (Lipinski definition) is 1. The fourth-order valence-electron chi connectivity index (χ4n) is 3.50. The number of aryl methyl sites for hydroxylation is 1. The van der Waals surface area contributed by atoms with Crippen molar-refractivity contribution >= 4 is 10.0 Å². The molecule has 1 spiro atoms. The third kappa shape index (κ3) is 3.87. The van der Waals surface area contributed by atoms with E-state index in [2.05, 4.69) is 14.7 Å². The Hall–Kier alpha value is -0.960. The highest BCUT2D eigenvalue weighted by atomic mass is 32.2. The van der Waals surface area contributed by atoms with Crippen molar-refractivity contribution in [2.45, 2.75) is 37.5 Å². The number of piperidine rings is 1. The SMILES string of the molecule is Cn1cc(CN2CCC3(CC2)C[C@@H](NS(C)(=O)=O)CO3)cn1. The maximum atomic E-state index is 11.3. The number of likely N-dealkylation sites (tertiary alicyclic amines) is 1. The van der Waals surface area contributed by atoms with Gasteiger partial charge in [-0.3, -0.25) is 9.58 Å². The summed E-state index contributed by atoms with van der Waals surface area (Å²) in [5, 5.41) is 4.20. The molecule has 2 fully saturated rings. The topological polar surface area (TPSA) is 76.5 Å². The number of nitrogens with one attached hydrogen (secondary N) is 1. The van der Waals surface area contributed by atoms with Gasteiger partial charge in [-0.1, -0.05) is 0 Å². The van der Waals surface area contributed by atoms with Gasteiger partial charge < -0.3 is 4.74 Å². The second-order valence-corrected chi connectivity index (χ2v) is 8.36. The molecule has 0 radical (unpaired) electrons.